The molecule has 6 rings (SSSR count). The van der Waals surface area contributed by atoms with Crippen LogP contribution in [0.3, 0.4) is 0 Å². The van der Waals surface area contributed by atoms with E-state index in [1.165, 1.54) is 24.0 Å². The number of thiazole rings is 1. The van der Waals surface area contributed by atoms with Gasteiger partial charge in [0.05, 0.1) is 10.6 Å². The van der Waals surface area contributed by atoms with E-state index >= 15 is 0 Å². The van der Waals surface area contributed by atoms with E-state index in [1.807, 2.05) is 25.2 Å². The summed E-state index contributed by atoms with van der Waals surface area (Å²) in [6.07, 6.45) is 3.68. The molecule has 1 saturated heterocycles. The van der Waals surface area contributed by atoms with Crippen LogP contribution in [0.25, 0.3) is 16.1 Å². The van der Waals surface area contributed by atoms with Gasteiger partial charge in [0.2, 0.25) is 0 Å². The topological polar surface area (TPSA) is 68.3 Å². The largest absolute Gasteiger partial charge is 0.364 e. The minimum Gasteiger partial charge on any atom is -0.364 e. The van der Waals surface area contributed by atoms with Crippen molar-refractivity contribution >= 4 is 54.9 Å². The van der Waals surface area contributed by atoms with E-state index in [0.717, 1.165) is 87.7 Å². The second-order valence-corrected chi connectivity index (χ2v) is 15.1. The van der Waals surface area contributed by atoms with E-state index < -0.39 is 9.39 Å². The first-order valence-electron chi connectivity index (χ1n) is 14.3. The molecule has 7 nitrogen and oxygen atoms in total. The fourth-order valence-electron chi connectivity index (χ4n) is 5.92. The van der Waals surface area contributed by atoms with E-state index in [0.29, 0.717) is 6.04 Å². The van der Waals surface area contributed by atoms with Crippen molar-refractivity contribution in [3.8, 4) is 10.4 Å². The molecule has 0 spiro atoms. The molecule has 3 aromatic rings. The molecule has 0 bridgehead atoms. The third kappa shape index (κ3) is 5.44. The maximum absolute atomic E-state index is 4.91. The van der Waals surface area contributed by atoms with Crippen LogP contribution in [0.2, 0.25) is 0 Å². The van der Waals surface area contributed by atoms with Gasteiger partial charge in [0.25, 0.3) is 0 Å². The van der Waals surface area contributed by atoms with E-state index in [4.69, 9.17) is 9.97 Å². The molecule has 3 aliphatic rings. The minimum absolute atomic E-state index is 0.492. The van der Waals surface area contributed by atoms with Gasteiger partial charge in [-0.3, -0.25) is 4.72 Å². The van der Waals surface area contributed by atoms with E-state index in [1.54, 1.807) is 11.3 Å². The van der Waals surface area contributed by atoms with Crippen molar-refractivity contribution < 1.29 is 0 Å². The highest BCUT2D eigenvalue weighted by molar-refractivity contribution is 8.26. The standard InChI is InChI=1S/C32H41N7S2/c1-20-18-34-14-9-15-38(20)29-11-8-10-28(36-29)37-32-35-21(2)31(40-32)25-16-26-19-39(22(3)24-12-13-24)23(4)30(26)27(17-25)41(6,7)33-5/h8,10-11,16-17,22,24,33-34H,1,4,6-7,9,12-15,18-19H2,2-3,5H3,(H,35,36,37). The first-order valence-corrected chi connectivity index (χ1v) is 17.1. The first kappa shape index (κ1) is 28.0. The Kier molecular flexibility index (Phi) is 7.48. The summed E-state index contributed by atoms with van der Waals surface area (Å²) in [5.41, 5.74) is 6.82. The van der Waals surface area contributed by atoms with Gasteiger partial charge in [0.15, 0.2) is 5.13 Å². The molecule has 2 aliphatic heterocycles. The first-order chi connectivity index (χ1) is 19.7. The van der Waals surface area contributed by atoms with Crippen molar-refractivity contribution in [2.75, 3.05) is 36.9 Å². The van der Waals surface area contributed by atoms with E-state index in [9.17, 15) is 0 Å². The normalized spacial score (nSPS) is 18.4. The molecule has 1 unspecified atom stereocenters. The number of pyridine rings is 1. The third-order valence-corrected chi connectivity index (χ3v) is 11.6. The highest BCUT2D eigenvalue weighted by atomic mass is 32.2. The molecule has 9 heteroatoms. The number of rotatable bonds is 8. The van der Waals surface area contributed by atoms with Crippen LogP contribution in [0.15, 0.2) is 54.1 Å². The van der Waals surface area contributed by atoms with Crippen LogP contribution >= 0.6 is 20.7 Å². The van der Waals surface area contributed by atoms with Gasteiger partial charge in [0.1, 0.15) is 11.6 Å². The number of aryl methyl sites for hydroxylation is 1. The average molecular weight is 588 g/mol. The maximum Gasteiger partial charge on any atom is 0.189 e. The number of nitrogens with one attached hydrogen (secondary N) is 3. The molecule has 1 aliphatic carbocycles. The highest BCUT2D eigenvalue weighted by Crippen LogP contribution is 2.48. The molecule has 216 valence electrons. The molecule has 2 aromatic heterocycles. The molecule has 0 amide bonds. The lowest BCUT2D eigenvalue weighted by molar-refractivity contribution is 0.290. The van der Waals surface area contributed by atoms with Crippen LogP contribution < -0.4 is 20.3 Å². The predicted molar refractivity (Wildman–Crippen MR) is 180 cm³/mol. The highest BCUT2D eigenvalue weighted by Gasteiger charge is 2.37. The molecule has 41 heavy (non-hydrogen) atoms. The minimum atomic E-state index is -1.71. The Bertz CT molecular complexity index is 1620. The lowest BCUT2D eigenvalue weighted by Crippen LogP contribution is -2.28. The second-order valence-electron chi connectivity index (χ2n) is 11.4. The molecule has 1 aromatic carbocycles. The summed E-state index contributed by atoms with van der Waals surface area (Å²) in [7, 11) is 0.241. The Morgan fingerprint density at radius 1 is 1.17 bits per heavy atom. The Hall–Kier alpha value is -3.11. The van der Waals surface area contributed by atoms with Crippen molar-refractivity contribution in [3.05, 3.63) is 66.0 Å². The van der Waals surface area contributed by atoms with Gasteiger partial charge >= 0.3 is 0 Å². The number of hydrogen-bond acceptors (Lipinski definition) is 8. The van der Waals surface area contributed by atoms with Crippen molar-refractivity contribution in [3.63, 3.8) is 0 Å². The van der Waals surface area contributed by atoms with E-state index in [2.05, 4.69) is 76.0 Å². The van der Waals surface area contributed by atoms with Gasteiger partial charge in [-0.05, 0) is 88.0 Å². The number of aromatic nitrogens is 2. The van der Waals surface area contributed by atoms with Crippen LogP contribution in [0.5, 0.6) is 0 Å². The number of hydrogen-bond donors (Lipinski definition) is 3. The molecule has 3 N–H and O–H groups in total. The van der Waals surface area contributed by atoms with Gasteiger partial charge in [-0.1, -0.05) is 42.3 Å². The van der Waals surface area contributed by atoms with Gasteiger partial charge in [0, 0.05) is 47.5 Å². The molecule has 4 heterocycles. The van der Waals surface area contributed by atoms with Gasteiger partial charge in [-0.15, -0.1) is 9.39 Å². The van der Waals surface area contributed by atoms with Crippen molar-refractivity contribution in [2.24, 2.45) is 5.92 Å². The van der Waals surface area contributed by atoms with Crippen molar-refractivity contribution in [2.45, 2.75) is 50.6 Å². The smallest absolute Gasteiger partial charge is 0.189 e. The monoisotopic (exact) mass is 587 g/mol. The molecule has 2 fully saturated rings. The van der Waals surface area contributed by atoms with Crippen LogP contribution in [-0.2, 0) is 6.54 Å². The summed E-state index contributed by atoms with van der Waals surface area (Å²) in [5.74, 6) is 11.5. The zero-order valence-corrected chi connectivity index (χ0v) is 26.1. The average Bonchev–Trinajstić information content (AvgIpc) is 3.71. The fraction of sp³-hybridized carbons (Fsp3) is 0.375. The Morgan fingerprint density at radius 2 is 1.98 bits per heavy atom. The second kappa shape index (κ2) is 10.9. The zero-order chi connectivity index (χ0) is 28.9. The van der Waals surface area contributed by atoms with Crippen LogP contribution in [0, 0.1) is 12.8 Å². The predicted octanol–water partition coefficient (Wildman–Crippen LogP) is 6.32. The quantitative estimate of drug-likeness (QED) is 0.267. The molecule has 1 saturated carbocycles. The Labute approximate surface area is 249 Å². The zero-order valence-electron chi connectivity index (χ0n) is 24.4. The number of benzene rings is 1. The van der Waals surface area contributed by atoms with Crippen LogP contribution in [0.1, 0.15) is 43.0 Å². The SMILES string of the molecule is C=C1CNCCCN1c1cccc(Nc2nc(C)c(-c3cc4c(c(S(=C)(=C)NC)c3)C(=C)N(C(C)C3CC3)C4)s2)n1. The number of fused-ring (bicyclic) bond motifs is 1. The molecule has 1 atom stereocenters. The third-order valence-electron chi connectivity index (χ3n) is 8.52. The summed E-state index contributed by atoms with van der Waals surface area (Å²) in [5, 5.41) is 7.71. The molecular weight excluding hydrogens is 547 g/mol. The fourth-order valence-corrected chi connectivity index (χ4v) is 8.09. The van der Waals surface area contributed by atoms with Crippen molar-refractivity contribution in [1.82, 2.24) is 24.9 Å². The summed E-state index contributed by atoms with van der Waals surface area (Å²) in [6, 6.07) is 11.2. The number of anilines is 3. The summed E-state index contributed by atoms with van der Waals surface area (Å²) in [4.78, 5) is 16.8. The van der Waals surface area contributed by atoms with Gasteiger partial charge < -0.3 is 20.4 Å². The van der Waals surface area contributed by atoms with Gasteiger partial charge in [-0.25, -0.2) is 9.97 Å². The summed E-state index contributed by atoms with van der Waals surface area (Å²) in [6.45, 7) is 16.8. The molecule has 0 radical (unpaired) electrons. The van der Waals surface area contributed by atoms with Crippen molar-refractivity contribution in [1.29, 1.82) is 0 Å². The summed E-state index contributed by atoms with van der Waals surface area (Å²) >= 11 is 1.66. The van der Waals surface area contributed by atoms with Gasteiger partial charge in [-0.2, -0.15) is 0 Å². The van der Waals surface area contributed by atoms with Crippen LogP contribution in [-0.4, -0.2) is 59.3 Å². The number of nitrogens with zero attached hydrogens (tertiary/aromatic N) is 4. The summed E-state index contributed by atoms with van der Waals surface area (Å²) < 4.78 is 3.41. The lowest BCUT2D eigenvalue weighted by Gasteiger charge is -2.28. The van der Waals surface area contributed by atoms with E-state index in [-0.39, 0.29) is 0 Å². The Balaban J connectivity index is 1.32. The lowest BCUT2D eigenvalue weighted by atomic mass is 10.0. The Morgan fingerprint density at radius 3 is 2.73 bits per heavy atom. The molecular formula is C32H41N7S2. The maximum atomic E-state index is 4.91. The van der Waals surface area contributed by atoms with Crippen LogP contribution in [0.4, 0.5) is 16.8 Å².